The zero-order valence-electron chi connectivity index (χ0n) is 10.1. The molecule has 4 nitrogen and oxygen atoms in total. The number of carboxylic acids is 1. The van der Waals surface area contributed by atoms with Crippen LogP contribution in [-0.4, -0.2) is 30.7 Å². The Hall–Kier alpha value is -1.62. The highest BCUT2D eigenvalue weighted by atomic mass is 19.1. The van der Waals surface area contributed by atoms with E-state index in [0.29, 0.717) is 5.69 Å². The summed E-state index contributed by atoms with van der Waals surface area (Å²) in [6.45, 7) is 1.58. The Kier molecular flexibility index (Phi) is 3.81. The SMILES string of the molecule is NCC(C(=O)O)c1c(F)cccc1N1CCCC1. The van der Waals surface area contributed by atoms with Crippen molar-refractivity contribution in [1.29, 1.82) is 0 Å². The molecule has 0 saturated carbocycles. The van der Waals surface area contributed by atoms with Crippen molar-refractivity contribution in [3.8, 4) is 0 Å². The molecule has 1 saturated heterocycles. The van der Waals surface area contributed by atoms with Crippen LogP contribution in [0.1, 0.15) is 24.3 Å². The first kappa shape index (κ1) is 12.8. The van der Waals surface area contributed by atoms with Crippen LogP contribution >= 0.6 is 0 Å². The highest BCUT2D eigenvalue weighted by Crippen LogP contribution is 2.32. The van der Waals surface area contributed by atoms with Gasteiger partial charge in [-0.2, -0.15) is 0 Å². The summed E-state index contributed by atoms with van der Waals surface area (Å²) >= 11 is 0. The molecule has 1 aliphatic rings. The van der Waals surface area contributed by atoms with Crippen molar-refractivity contribution in [2.24, 2.45) is 5.73 Å². The van der Waals surface area contributed by atoms with Crippen LogP contribution in [0.2, 0.25) is 0 Å². The Bertz CT molecular complexity index is 445. The lowest BCUT2D eigenvalue weighted by Gasteiger charge is -2.24. The van der Waals surface area contributed by atoms with Gasteiger partial charge < -0.3 is 15.7 Å². The molecule has 5 heteroatoms. The highest BCUT2D eigenvalue weighted by Gasteiger charge is 2.27. The summed E-state index contributed by atoms with van der Waals surface area (Å²) in [5.41, 5.74) is 6.36. The second kappa shape index (κ2) is 5.35. The molecule has 0 amide bonds. The Balaban J connectivity index is 2.45. The van der Waals surface area contributed by atoms with Gasteiger partial charge in [-0.3, -0.25) is 4.79 Å². The molecule has 0 radical (unpaired) electrons. The number of anilines is 1. The van der Waals surface area contributed by atoms with Gasteiger partial charge in [-0.15, -0.1) is 0 Å². The minimum Gasteiger partial charge on any atom is -0.481 e. The number of hydrogen-bond acceptors (Lipinski definition) is 3. The smallest absolute Gasteiger partial charge is 0.312 e. The van der Waals surface area contributed by atoms with Crippen LogP contribution in [0.5, 0.6) is 0 Å². The number of hydrogen-bond donors (Lipinski definition) is 2. The van der Waals surface area contributed by atoms with Gasteiger partial charge in [-0.25, -0.2) is 4.39 Å². The highest BCUT2D eigenvalue weighted by molar-refractivity contribution is 5.79. The monoisotopic (exact) mass is 252 g/mol. The first-order valence-electron chi connectivity index (χ1n) is 6.11. The van der Waals surface area contributed by atoms with Crippen molar-refractivity contribution in [3.63, 3.8) is 0 Å². The predicted octanol–water partition coefficient (Wildman–Crippen LogP) is 1.55. The molecule has 0 aliphatic carbocycles. The maximum absolute atomic E-state index is 14.0. The molecule has 1 unspecified atom stereocenters. The minimum atomic E-state index is -1.08. The summed E-state index contributed by atoms with van der Waals surface area (Å²) in [6.07, 6.45) is 2.10. The fraction of sp³-hybridized carbons (Fsp3) is 0.462. The van der Waals surface area contributed by atoms with Crippen molar-refractivity contribution in [2.75, 3.05) is 24.5 Å². The van der Waals surface area contributed by atoms with Gasteiger partial charge in [-0.1, -0.05) is 6.07 Å². The molecule has 0 bridgehead atoms. The first-order chi connectivity index (χ1) is 8.65. The Morgan fingerprint density at radius 3 is 2.67 bits per heavy atom. The summed E-state index contributed by atoms with van der Waals surface area (Å²) in [6, 6.07) is 4.68. The molecule has 3 N–H and O–H groups in total. The lowest BCUT2D eigenvalue weighted by Crippen LogP contribution is -2.27. The van der Waals surface area contributed by atoms with E-state index < -0.39 is 17.7 Å². The van der Waals surface area contributed by atoms with Crippen LogP contribution in [0.3, 0.4) is 0 Å². The predicted molar refractivity (Wildman–Crippen MR) is 67.3 cm³/mol. The van der Waals surface area contributed by atoms with E-state index in [0.717, 1.165) is 25.9 Å². The van der Waals surface area contributed by atoms with Crippen molar-refractivity contribution >= 4 is 11.7 Å². The third kappa shape index (κ3) is 2.31. The van der Waals surface area contributed by atoms with Crippen LogP contribution in [0.15, 0.2) is 18.2 Å². The molecule has 2 rings (SSSR count). The summed E-state index contributed by atoms with van der Waals surface area (Å²) in [5, 5.41) is 9.15. The molecule has 1 atom stereocenters. The Labute approximate surface area is 105 Å². The van der Waals surface area contributed by atoms with Crippen LogP contribution in [-0.2, 0) is 4.79 Å². The van der Waals surface area contributed by atoms with E-state index in [1.807, 2.05) is 4.90 Å². The summed E-state index contributed by atoms with van der Waals surface area (Å²) in [4.78, 5) is 13.2. The van der Waals surface area contributed by atoms with Gasteiger partial charge in [-0.05, 0) is 25.0 Å². The lowest BCUT2D eigenvalue weighted by atomic mass is 9.96. The van der Waals surface area contributed by atoms with Crippen LogP contribution in [0.25, 0.3) is 0 Å². The average Bonchev–Trinajstić information content (AvgIpc) is 2.85. The number of aliphatic carboxylic acids is 1. The van der Waals surface area contributed by atoms with E-state index in [2.05, 4.69) is 0 Å². The molecule has 1 heterocycles. The molecule has 1 fully saturated rings. The fourth-order valence-electron chi connectivity index (χ4n) is 2.45. The van der Waals surface area contributed by atoms with Crippen molar-refractivity contribution in [3.05, 3.63) is 29.6 Å². The molecule has 1 aromatic rings. The van der Waals surface area contributed by atoms with Crippen molar-refractivity contribution < 1.29 is 14.3 Å². The topological polar surface area (TPSA) is 66.6 Å². The van der Waals surface area contributed by atoms with Crippen molar-refractivity contribution in [2.45, 2.75) is 18.8 Å². The van der Waals surface area contributed by atoms with Gasteiger partial charge in [0.2, 0.25) is 0 Å². The largest absolute Gasteiger partial charge is 0.481 e. The van der Waals surface area contributed by atoms with E-state index in [1.165, 1.54) is 6.07 Å². The molecule has 98 valence electrons. The van der Waals surface area contributed by atoms with Gasteiger partial charge >= 0.3 is 5.97 Å². The number of benzene rings is 1. The minimum absolute atomic E-state index is 0.100. The molecule has 0 aromatic heterocycles. The number of halogens is 1. The Morgan fingerprint density at radius 2 is 2.11 bits per heavy atom. The number of carboxylic acid groups (broad SMARTS) is 1. The first-order valence-corrected chi connectivity index (χ1v) is 6.11. The van der Waals surface area contributed by atoms with Gasteiger partial charge in [0, 0.05) is 30.9 Å². The maximum Gasteiger partial charge on any atom is 0.312 e. The molecule has 18 heavy (non-hydrogen) atoms. The van der Waals surface area contributed by atoms with Gasteiger partial charge in [0.05, 0.1) is 5.92 Å². The van der Waals surface area contributed by atoms with E-state index in [1.54, 1.807) is 12.1 Å². The van der Waals surface area contributed by atoms with E-state index in [-0.39, 0.29) is 12.1 Å². The zero-order chi connectivity index (χ0) is 13.1. The second-order valence-corrected chi connectivity index (χ2v) is 4.49. The van der Waals surface area contributed by atoms with Gasteiger partial charge in [0.15, 0.2) is 0 Å². The molecule has 0 spiro atoms. The summed E-state index contributed by atoms with van der Waals surface area (Å²) < 4.78 is 14.0. The molecule has 1 aliphatic heterocycles. The molecular formula is C13H17FN2O2. The van der Waals surface area contributed by atoms with Gasteiger partial charge in [0.25, 0.3) is 0 Å². The third-order valence-electron chi connectivity index (χ3n) is 3.36. The quantitative estimate of drug-likeness (QED) is 0.853. The average molecular weight is 252 g/mol. The number of carbonyl (C=O) groups is 1. The van der Waals surface area contributed by atoms with Crippen LogP contribution < -0.4 is 10.6 Å². The van der Waals surface area contributed by atoms with E-state index >= 15 is 0 Å². The fourth-order valence-corrected chi connectivity index (χ4v) is 2.45. The lowest BCUT2D eigenvalue weighted by molar-refractivity contribution is -0.138. The van der Waals surface area contributed by atoms with Gasteiger partial charge in [0.1, 0.15) is 5.82 Å². The normalized spacial score (nSPS) is 16.9. The third-order valence-corrected chi connectivity index (χ3v) is 3.36. The van der Waals surface area contributed by atoms with Crippen LogP contribution in [0, 0.1) is 5.82 Å². The zero-order valence-corrected chi connectivity index (χ0v) is 10.1. The van der Waals surface area contributed by atoms with Crippen molar-refractivity contribution in [1.82, 2.24) is 0 Å². The maximum atomic E-state index is 14.0. The standard InChI is InChI=1S/C13H17FN2O2/c14-10-4-3-5-11(16-6-1-2-7-16)12(10)9(8-15)13(17)18/h3-5,9H,1-2,6-8,15H2,(H,17,18). The van der Waals surface area contributed by atoms with E-state index in [9.17, 15) is 9.18 Å². The van der Waals surface area contributed by atoms with E-state index in [4.69, 9.17) is 10.8 Å². The molecular weight excluding hydrogens is 235 g/mol. The Morgan fingerprint density at radius 1 is 1.44 bits per heavy atom. The summed E-state index contributed by atoms with van der Waals surface area (Å²) in [7, 11) is 0. The number of nitrogens with zero attached hydrogens (tertiary/aromatic N) is 1. The number of nitrogens with two attached hydrogens (primary N) is 1. The summed E-state index contributed by atoms with van der Waals surface area (Å²) in [5.74, 6) is -2.55. The molecule has 1 aromatic carbocycles. The number of rotatable bonds is 4. The van der Waals surface area contributed by atoms with Crippen LogP contribution in [0.4, 0.5) is 10.1 Å². The second-order valence-electron chi connectivity index (χ2n) is 4.49.